The zero-order chi connectivity index (χ0) is 17.9. The molecule has 0 spiro atoms. The summed E-state index contributed by atoms with van der Waals surface area (Å²) in [6, 6.07) is 17.4. The van der Waals surface area contributed by atoms with Crippen molar-refractivity contribution in [1.82, 2.24) is 0 Å². The average molecular weight is 456 g/mol. The molecule has 0 unspecified atom stereocenters. The highest BCUT2D eigenvalue weighted by atomic mass is 127. The van der Waals surface area contributed by atoms with Crippen molar-refractivity contribution >= 4 is 43.1 Å². The molecular weight excluding hydrogens is 431 g/mol. The number of benzene rings is 2. The third-order valence-electron chi connectivity index (χ3n) is 5.31. The minimum Gasteiger partial charge on any atom is -0.492 e. The summed E-state index contributed by atoms with van der Waals surface area (Å²) >= 11 is 2.50. The molecule has 26 heavy (non-hydrogen) atoms. The normalized spacial score (nSPS) is 14.5. The molecule has 0 amide bonds. The summed E-state index contributed by atoms with van der Waals surface area (Å²) in [5.41, 5.74) is 7.90. The number of ether oxygens (including phenoxy) is 1. The average Bonchev–Trinajstić information content (AvgIpc) is 3.15. The van der Waals surface area contributed by atoms with Crippen molar-refractivity contribution in [3.8, 4) is 0 Å². The molecule has 2 aliphatic rings. The Morgan fingerprint density at radius 3 is 2.00 bits per heavy atom. The molecule has 2 aromatic rings. The lowest BCUT2D eigenvalue weighted by molar-refractivity contribution is 0.268. The van der Waals surface area contributed by atoms with E-state index in [1.165, 1.54) is 69.1 Å². The van der Waals surface area contributed by atoms with Crippen molar-refractivity contribution in [2.24, 2.45) is 0 Å². The number of rotatable bonds is 8. The molecule has 0 bridgehead atoms. The molecule has 2 aromatic carbocycles. The summed E-state index contributed by atoms with van der Waals surface area (Å²) < 4.78 is 7.74. The molecule has 0 aliphatic heterocycles. The third-order valence-corrected chi connectivity index (χ3v) is 6.44. The molecule has 2 heteroatoms. The monoisotopic (exact) mass is 456 g/mol. The summed E-state index contributed by atoms with van der Waals surface area (Å²) in [6.07, 6.45) is 7.74. The Balaban J connectivity index is 1.58. The molecule has 4 rings (SSSR count). The Kier molecular flexibility index (Phi) is 5.49. The van der Waals surface area contributed by atoms with Gasteiger partial charge in [0.2, 0.25) is 0 Å². The van der Waals surface area contributed by atoms with Crippen LogP contribution in [-0.4, -0.2) is 6.61 Å². The second kappa shape index (κ2) is 7.99. The lowest BCUT2D eigenvalue weighted by Crippen LogP contribution is -1.96. The van der Waals surface area contributed by atoms with Gasteiger partial charge in [0.15, 0.2) is 0 Å². The van der Waals surface area contributed by atoms with Crippen molar-refractivity contribution in [1.29, 1.82) is 0 Å². The molecule has 0 fully saturated rings. The lowest BCUT2D eigenvalue weighted by atomic mass is 10.0. The van der Waals surface area contributed by atoms with Gasteiger partial charge in [0.25, 0.3) is 0 Å². The number of hydrogen-bond acceptors (Lipinski definition) is 1. The van der Waals surface area contributed by atoms with Crippen LogP contribution in [0.25, 0.3) is 20.5 Å². The van der Waals surface area contributed by atoms with Gasteiger partial charge in [-0.1, -0.05) is 87.6 Å². The number of unbranched alkanes of at least 4 members (excludes halogenated alkanes) is 5. The van der Waals surface area contributed by atoms with Crippen molar-refractivity contribution in [3.63, 3.8) is 0 Å². The van der Waals surface area contributed by atoms with Gasteiger partial charge in [-0.3, -0.25) is 0 Å². The first kappa shape index (κ1) is 17.8. The predicted octanol–water partition coefficient (Wildman–Crippen LogP) is 7.56. The van der Waals surface area contributed by atoms with Crippen LogP contribution < -0.4 is 0 Å². The van der Waals surface area contributed by atoms with Crippen LogP contribution in [0.3, 0.4) is 0 Å². The second-order valence-corrected chi connectivity index (χ2v) is 8.18. The fraction of sp³-hybridized carbons (Fsp3) is 0.333. The minimum atomic E-state index is 0.811. The summed E-state index contributed by atoms with van der Waals surface area (Å²) in [5.74, 6) is 1.09. The SMILES string of the molecule is CCCCCCCCOC1=C2C(=C(I)c3ccccc32)c2ccccc21. The van der Waals surface area contributed by atoms with Gasteiger partial charge in [0, 0.05) is 20.3 Å². The first-order chi connectivity index (χ1) is 12.8. The number of allylic oxidation sites excluding steroid dienone is 2. The van der Waals surface area contributed by atoms with Crippen LogP contribution in [0.15, 0.2) is 48.5 Å². The topological polar surface area (TPSA) is 9.23 Å². The number of fused-ring (bicyclic) bond motifs is 5. The van der Waals surface area contributed by atoms with E-state index in [4.69, 9.17) is 4.74 Å². The van der Waals surface area contributed by atoms with E-state index in [0.29, 0.717) is 0 Å². The van der Waals surface area contributed by atoms with E-state index in [9.17, 15) is 0 Å². The highest BCUT2D eigenvalue weighted by molar-refractivity contribution is 14.1. The molecular formula is C24H25IO. The Morgan fingerprint density at radius 2 is 1.27 bits per heavy atom. The van der Waals surface area contributed by atoms with Crippen LogP contribution in [-0.2, 0) is 4.74 Å². The van der Waals surface area contributed by atoms with Crippen LogP contribution in [0.5, 0.6) is 0 Å². The molecule has 0 saturated heterocycles. The standard InChI is InChI=1S/C24H25IO/c1-2-3-4-5-6-11-16-26-24-20-15-10-8-13-18(20)21-22(24)17-12-7-9-14-19(17)23(21)25/h7-10,12-15H,2-6,11,16H2,1H3. The van der Waals surface area contributed by atoms with Gasteiger partial charge in [-0.25, -0.2) is 0 Å². The number of halogens is 1. The fourth-order valence-corrected chi connectivity index (χ4v) is 5.03. The van der Waals surface area contributed by atoms with Gasteiger partial charge >= 0.3 is 0 Å². The van der Waals surface area contributed by atoms with Crippen molar-refractivity contribution < 1.29 is 4.74 Å². The number of hydrogen-bond donors (Lipinski definition) is 0. The van der Waals surface area contributed by atoms with Gasteiger partial charge in [0.05, 0.1) is 6.61 Å². The smallest absolute Gasteiger partial charge is 0.135 e. The predicted molar refractivity (Wildman–Crippen MR) is 120 cm³/mol. The second-order valence-electron chi connectivity index (χ2n) is 7.10. The van der Waals surface area contributed by atoms with E-state index in [-0.39, 0.29) is 0 Å². The molecule has 1 nitrogen and oxygen atoms in total. The molecule has 0 radical (unpaired) electrons. The van der Waals surface area contributed by atoms with Crippen molar-refractivity contribution in [2.75, 3.05) is 6.61 Å². The Morgan fingerprint density at radius 1 is 0.692 bits per heavy atom. The zero-order valence-corrected chi connectivity index (χ0v) is 17.5. The molecule has 0 heterocycles. The van der Waals surface area contributed by atoms with E-state index in [2.05, 4.69) is 78.0 Å². The van der Waals surface area contributed by atoms with Gasteiger partial charge in [-0.2, -0.15) is 0 Å². The quantitative estimate of drug-likeness (QED) is 0.294. The van der Waals surface area contributed by atoms with E-state index in [0.717, 1.165) is 18.8 Å². The Bertz CT molecular complexity index is 875. The van der Waals surface area contributed by atoms with Crippen LogP contribution in [0.4, 0.5) is 0 Å². The van der Waals surface area contributed by atoms with Crippen LogP contribution in [0, 0.1) is 0 Å². The highest BCUT2D eigenvalue weighted by Crippen LogP contribution is 2.57. The maximum atomic E-state index is 6.40. The van der Waals surface area contributed by atoms with E-state index in [1.807, 2.05) is 0 Å². The van der Waals surface area contributed by atoms with E-state index < -0.39 is 0 Å². The molecule has 134 valence electrons. The van der Waals surface area contributed by atoms with Crippen molar-refractivity contribution in [2.45, 2.75) is 45.4 Å². The van der Waals surface area contributed by atoms with Gasteiger partial charge in [0.1, 0.15) is 5.76 Å². The lowest BCUT2D eigenvalue weighted by Gasteiger charge is -2.11. The first-order valence-electron chi connectivity index (χ1n) is 9.79. The summed E-state index contributed by atoms with van der Waals surface area (Å²) in [7, 11) is 0. The summed E-state index contributed by atoms with van der Waals surface area (Å²) in [4.78, 5) is 0. The van der Waals surface area contributed by atoms with Gasteiger partial charge < -0.3 is 4.74 Å². The van der Waals surface area contributed by atoms with Crippen molar-refractivity contribution in [3.05, 3.63) is 70.8 Å². The van der Waals surface area contributed by atoms with Crippen LogP contribution in [0.2, 0.25) is 0 Å². The molecule has 2 aliphatic carbocycles. The largest absolute Gasteiger partial charge is 0.492 e. The van der Waals surface area contributed by atoms with Crippen LogP contribution in [0.1, 0.15) is 67.7 Å². The molecule has 0 aromatic heterocycles. The van der Waals surface area contributed by atoms with E-state index in [1.54, 1.807) is 0 Å². The fourth-order valence-electron chi connectivity index (χ4n) is 4.00. The molecule has 0 saturated carbocycles. The third kappa shape index (κ3) is 3.13. The maximum Gasteiger partial charge on any atom is 0.135 e. The highest BCUT2D eigenvalue weighted by Gasteiger charge is 2.36. The summed E-state index contributed by atoms with van der Waals surface area (Å²) in [5, 5.41) is 0. The zero-order valence-electron chi connectivity index (χ0n) is 15.4. The molecule has 0 atom stereocenters. The first-order valence-corrected chi connectivity index (χ1v) is 10.9. The van der Waals surface area contributed by atoms with E-state index >= 15 is 0 Å². The molecule has 0 N–H and O–H groups in total. The summed E-state index contributed by atoms with van der Waals surface area (Å²) in [6.45, 7) is 3.08. The van der Waals surface area contributed by atoms with Gasteiger partial charge in [-0.15, -0.1) is 0 Å². The Labute approximate surface area is 170 Å². The van der Waals surface area contributed by atoms with Gasteiger partial charge in [-0.05, 0) is 45.7 Å². The van der Waals surface area contributed by atoms with Crippen LogP contribution >= 0.6 is 22.6 Å². The maximum absolute atomic E-state index is 6.40. The minimum absolute atomic E-state index is 0.811. The Hall–Kier alpha value is -1.55.